The zero-order chi connectivity index (χ0) is 17.9. The second kappa shape index (κ2) is 7.71. The molecule has 0 bridgehead atoms. The molecule has 0 aliphatic carbocycles. The van der Waals surface area contributed by atoms with Gasteiger partial charge in [0.05, 0.1) is 4.75 Å². The van der Waals surface area contributed by atoms with Gasteiger partial charge in [-0.2, -0.15) is 0 Å². The summed E-state index contributed by atoms with van der Waals surface area (Å²) >= 11 is 1.27. The first-order valence-electron chi connectivity index (χ1n) is 7.12. The quantitative estimate of drug-likeness (QED) is 0.338. The fourth-order valence-electron chi connectivity index (χ4n) is 1.77. The van der Waals surface area contributed by atoms with Gasteiger partial charge in [-0.1, -0.05) is 29.5 Å². The van der Waals surface area contributed by atoms with Crippen LogP contribution in [0.3, 0.4) is 0 Å². The summed E-state index contributed by atoms with van der Waals surface area (Å²) in [5, 5.41) is 4.19. The van der Waals surface area contributed by atoms with E-state index >= 15 is 0 Å². The first-order chi connectivity index (χ1) is 11.2. The number of oxime groups is 1. The van der Waals surface area contributed by atoms with Crippen molar-refractivity contribution in [3.63, 3.8) is 0 Å². The molecule has 1 aliphatic rings. The predicted molar refractivity (Wildman–Crippen MR) is 101 cm³/mol. The van der Waals surface area contributed by atoms with E-state index in [0.29, 0.717) is 5.17 Å². The van der Waals surface area contributed by atoms with Gasteiger partial charge in [0, 0.05) is 30.0 Å². The van der Waals surface area contributed by atoms with Crippen LogP contribution in [0, 0.1) is 6.92 Å². The standard InChI is InChI=1S/C15H19N3O3S3/c1-10-6-8-11(9-7-10)23-24-18(5)14(20)21-16-13-17(4)12(19)15(2,3)22-13/h6-9H,1-5H3. The summed E-state index contributed by atoms with van der Waals surface area (Å²) in [5.41, 5.74) is 1.18. The zero-order valence-electron chi connectivity index (χ0n) is 14.1. The third-order valence-corrected chi connectivity index (χ3v) is 6.78. The van der Waals surface area contributed by atoms with Gasteiger partial charge in [0.1, 0.15) is 0 Å². The highest BCUT2D eigenvalue weighted by atomic mass is 33.1. The first kappa shape index (κ1) is 19.0. The molecule has 2 amide bonds. The Labute approximate surface area is 153 Å². The number of amidine groups is 1. The van der Waals surface area contributed by atoms with E-state index in [1.165, 1.54) is 48.3 Å². The molecule has 0 saturated carbocycles. The van der Waals surface area contributed by atoms with Crippen molar-refractivity contribution in [2.45, 2.75) is 30.4 Å². The predicted octanol–water partition coefficient (Wildman–Crippen LogP) is 3.97. The summed E-state index contributed by atoms with van der Waals surface area (Å²) in [6.07, 6.45) is -0.599. The van der Waals surface area contributed by atoms with Crippen LogP contribution < -0.4 is 0 Å². The average molecular weight is 386 g/mol. The van der Waals surface area contributed by atoms with E-state index in [1.54, 1.807) is 27.9 Å². The smallest absolute Gasteiger partial charge is 0.295 e. The third-order valence-electron chi connectivity index (χ3n) is 3.18. The molecule has 1 heterocycles. The lowest BCUT2D eigenvalue weighted by atomic mass is 10.2. The second-order valence-corrected chi connectivity index (χ2v) is 9.55. The molecule has 130 valence electrons. The number of rotatable bonds is 4. The Balaban J connectivity index is 1.87. The molecular formula is C15H19N3O3S3. The highest BCUT2D eigenvalue weighted by Crippen LogP contribution is 2.36. The molecule has 0 aromatic heterocycles. The maximum atomic E-state index is 12.0. The van der Waals surface area contributed by atoms with Crippen LogP contribution in [-0.2, 0) is 9.63 Å². The van der Waals surface area contributed by atoms with Crippen molar-refractivity contribution in [1.82, 2.24) is 9.21 Å². The van der Waals surface area contributed by atoms with E-state index in [9.17, 15) is 9.59 Å². The molecule has 1 fully saturated rings. The lowest BCUT2D eigenvalue weighted by Crippen LogP contribution is -2.33. The molecule has 9 heteroatoms. The normalized spacial score (nSPS) is 18.1. The Bertz CT molecular complexity index is 662. The second-order valence-electron chi connectivity index (χ2n) is 5.68. The molecule has 1 aromatic rings. The number of carbonyl (C=O) groups is 2. The molecule has 0 spiro atoms. The Morgan fingerprint density at radius 2 is 1.96 bits per heavy atom. The Hall–Kier alpha value is -1.32. The van der Waals surface area contributed by atoms with Gasteiger partial charge in [0.2, 0.25) is 11.1 Å². The number of benzene rings is 1. The van der Waals surface area contributed by atoms with Crippen molar-refractivity contribution in [1.29, 1.82) is 0 Å². The van der Waals surface area contributed by atoms with Gasteiger partial charge in [-0.3, -0.25) is 14.5 Å². The van der Waals surface area contributed by atoms with Crippen molar-refractivity contribution in [3.05, 3.63) is 29.8 Å². The number of nitrogens with zero attached hydrogens (tertiary/aromatic N) is 3. The van der Waals surface area contributed by atoms with Crippen molar-refractivity contribution >= 4 is 50.7 Å². The van der Waals surface area contributed by atoms with Crippen LogP contribution in [0.15, 0.2) is 34.3 Å². The van der Waals surface area contributed by atoms with Crippen molar-refractivity contribution in [2.75, 3.05) is 14.1 Å². The number of hydrogen-bond acceptors (Lipinski definition) is 7. The van der Waals surface area contributed by atoms with Crippen LogP contribution in [0.4, 0.5) is 4.79 Å². The SMILES string of the molecule is Cc1ccc(SSN(C)C(=O)ON=C2SC(C)(C)C(=O)N2C)cc1. The molecule has 1 aliphatic heterocycles. The van der Waals surface area contributed by atoms with Gasteiger partial charge >= 0.3 is 6.09 Å². The van der Waals surface area contributed by atoms with Gasteiger partial charge in [0.15, 0.2) is 0 Å². The van der Waals surface area contributed by atoms with Crippen LogP contribution in [0.1, 0.15) is 19.4 Å². The Morgan fingerprint density at radius 3 is 2.50 bits per heavy atom. The summed E-state index contributed by atoms with van der Waals surface area (Å²) in [5.74, 6) is -0.0695. The summed E-state index contributed by atoms with van der Waals surface area (Å²) in [4.78, 5) is 31.3. The van der Waals surface area contributed by atoms with Crippen molar-refractivity contribution < 1.29 is 14.4 Å². The highest BCUT2D eigenvalue weighted by Gasteiger charge is 2.43. The van der Waals surface area contributed by atoms with Crippen molar-refractivity contribution in [2.24, 2.45) is 5.16 Å². The van der Waals surface area contributed by atoms with Crippen LogP contribution >= 0.6 is 33.5 Å². The van der Waals surface area contributed by atoms with E-state index in [0.717, 1.165) is 4.90 Å². The minimum absolute atomic E-state index is 0.0695. The lowest BCUT2D eigenvalue weighted by molar-refractivity contribution is -0.127. The summed E-state index contributed by atoms with van der Waals surface area (Å²) < 4.78 is 0.753. The monoisotopic (exact) mass is 385 g/mol. The minimum Gasteiger partial charge on any atom is -0.295 e. The van der Waals surface area contributed by atoms with E-state index in [4.69, 9.17) is 4.84 Å². The van der Waals surface area contributed by atoms with Gasteiger partial charge in [-0.15, -0.1) is 0 Å². The Morgan fingerprint density at radius 1 is 1.33 bits per heavy atom. The molecule has 0 radical (unpaired) electrons. The fourth-order valence-corrected chi connectivity index (χ4v) is 4.39. The van der Waals surface area contributed by atoms with Crippen LogP contribution in [0.2, 0.25) is 0 Å². The van der Waals surface area contributed by atoms with Crippen LogP contribution in [-0.4, -0.2) is 45.2 Å². The van der Waals surface area contributed by atoms with Gasteiger partial charge in [-0.25, -0.2) is 9.10 Å². The topological polar surface area (TPSA) is 62.2 Å². The lowest BCUT2D eigenvalue weighted by Gasteiger charge is -2.13. The van der Waals surface area contributed by atoms with Gasteiger partial charge < -0.3 is 0 Å². The molecule has 1 aromatic carbocycles. The Kier molecular flexibility index (Phi) is 6.11. The van der Waals surface area contributed by atoms with Gasteiger partial charge in [-0.05, 0) is 48.9 Å². The molecule has 6 nitrogen and oxygen atoms in total. The number of carbonyl (C=O) groups excluding carboxylic acids is 2. The summed E-state index contributed by atoms with van der Waals surface area (Å²) in [6, 6.07) is 8.01. The van der Waals surface area contributed by atoms with Crippen molar-refractivity contribution in [3.8, 4) is 0 Å². The molecular weight excluding hydrogens is 366 g/mol. The maximum Gasteiger partial charge on any atom is 0.446 e. The zero-order valence-corrected chi connectivity index (χ0v) is 16.6. The fraction of sp³-hybridized carbons (Fsp3) is 0.400. The molecule has 1 saturated heterocycles. The molecule has 0 atom stereocenters. The number of aryl methyl sites for hydroxylation is 1. The molecule has 0 unspecified atom stereocenters. The van der Waals surface area contributed by atoms with E-state index in [1.807, 2.05) is 31.2 Å². The van der Waals surface area contributed by atoms with E-state index in [2.05, 4.69) is 5.16 Å². The van der Waals surface area contributed by atoms with E-state index in [-0.39, 0.29) is 5.91 Å². The molecule has 24 heavy (non-hydrogen) atoms. The summed E-state index contributed by atoms with van der Waals surface area (Å²) in [6.45, 7) is 5.64. The molecule has 2 rings (SSSR count). The average Bonchev–Trinajstić information content (AvgIpc) is 2.74. The van der Waals surface area contributed by atoms with Crippen LogP contribution in [0.5, 0.6) is 0 Å². The number of hydrogen-bond donors (Lipinski definition) is 0. The minimum atomic E-state index is -0.599. The van der Waals surface area contributed by atoms with Crippen LogP contribution in [0.25, 0.3) is 0 Å². The van der Waals surface area contributed by atoms with Gasteiger partial charge in [0.25, 0.3) is 0 Å². The highest BCUT2D eigenvalue weighted by molar-refractivity contribution is 8.75. The maximum absolute atomic E-state index is 12.0. The van der Waals surface area contributed by atoms with E-state index < -0.39 is 10.8 Å². The number of thioether (sulfide) groups is 1. The number of amides is 2. The third kappa shape index (κ3) is 4.61. The first-order valence-corrected chi connectivity index (χ1v) is 10.0. The summed E-state index contributed by atoms with van der Waals surface area (Å²) in [7, 11) is 5.91. The largest absolute Gasteiger partial charge is 0.446 e. The molecule has 0 N–H and O–H groups in total.